The van der Waals surface area contributed by atoms with Gasteiger partial charge in [-0.3, -0.25) is 9.59 Å². The Kier molecular flexibility index (Phi) is 3.45. The number of esters is 1. The molecule has 0 saturated heterocycles. The first-order valence-corrected chi connectivity index (χ1v) is 7.88. The molecule has 0 fully saturated rings. The highest BCUT2D eigenvalue weighted by atomic mass is 16.7. The summed E-state index contributed by atoms with van der Waals surface area (Å²) in [5.41, 5.74) is 1.76. The minimum atomic E-state index is -0.432. The predicted molar refractivity (Wildman–Crippen MR) is 87.6 cm³/mol. The summed E-state index contributed by atoms with van der Waals surface area (Å²) in [6.07, 6.45) is 0.0775. The Labute approximate surface area is 143 Å². The maximum absolute atomic E-state index is 12.8. The van der Waals surface area contributed by atoms with Gasteiger partial charge in [-0.2, -0.15) is 0 Å². The molecule has 1 unspecified atom stereocenters. The van der Waals surface area contributed by atoms with Crippen molar-refractivity contribution in [3.8, 4) is 23.0 Å². The molecule has 3 heterocycles. The smallest absolute Gasteiger partial charge is 0.312 e. The van der Waals surface area contributed by atoms with Crippen molar-refractivity contribution in [3.05, 3.63) is 45.4 Å². The fourth-order valence-corrected chi connectivity index (χ4v) is 3.28. The van der Waals surface area contributed by atoms with Crippen LogP contribution >= 0.6 is 0 Å². The third-order valence-electron chi connectivity index (χ3n) is 4.70. The Morgan fingerprint density at radius 2 is 1.96 bits per heavy atom. The van der Waals surface area contributed by atoms with Crippen LogP contribution in [0.3, 0.4) is 0 Å². The van der Waals surface area contributed by atoms with Crippen molar-refractivity contribution in [1.29, 1.82) is 0 Å². The van der Waals surface area contributed by atoms with Crippen molar-refractivity contribution < 1.29 is 23.7 Å². The van der Waals surface area contributed by atoms with Crippen molar-refractivity contribution >= 4 is 5.97 Å². The van der Waals surface area contributed by atoms with Gasteiger partial charge in [0.15, 0.2) is 11.5 Å². The lowest BCUT2D eigenvalue weighted by Gasteiger charge is -2.25. The number of aryl methyl sites for hydroxylation is 1. The second-order valence-electron chi connectivity index (χ2n) is 6.12. The molecule has 2 aliphatic heterocycles. The number of ether oxygens (including phenoxy) is 4. The van der Waals surface area contributed by atoms with Gasteiger partial charge >= 0.3 is 5.97 Å². The predicted octanol–water partition coefficient (Wildman–Crippen LogP) is 1.87. The van der Waals surface area contributed by atoms with Crippen molar-refractivity contribution in [2.24, 2.45) is 7.05 Å². The fraction of sp³-hybridized carbons (Fsp3) is 0.333. The normalized spacial score (nSPS) is 17.9. The van der Waals surface area contributed by atoms with Crippen molar-refractivity contribution in [1.82, 2.24) is 4.57 Å². The standard InChI is InChI=1S/C18H17NO6/c1-9-4-12-16(18(21)19(9)2)11(7-15(20)25-12)10-5-13(22-3)17-14(6-10)23-8-24-17/h4-6,11H,7-8H2,1-3H3. The number of rotatable bonds is 2. The van der Waals surface area contributed by atoms with E-state index in [0.29, 0.717) is 28.6 Å². The SMILES string of the molecule is COc1cc(C2CC(=O)Oc3cc(C)n(C)c(=O)c32)cc2c1OCO2. The van der Waals surface area contributed by atoms with E-state index in [9.17, 15) is 9.59 Å². The highest BCUT2D eigenvalue weighted by Crippen LogP contribution is 2.46. The van der Waals surface area contributed by atoms with E-state index in [1.54, 1.807) is 36.7 Å². The van der Waals surface area contributed by atoms with Gasteiger partial charge in [0.2, 0.25) is 12.5 Å². The number of hydrogen-bond acceptors (Lipinski definition) is 6. The number of nitrogens with zero attached hydrogens (tertiary/aromatic N) is 1. The van der Waals surface area contributed by atoms with Crippen molar-refractivity contribution in [2.75, 3.05) is 13.9 Å². The number of aromatic nitrogens is 1. The Morgan fingerprint density at radius 1 is 1.16 bits per heavy atom. The van der Waals surface area contributed by atoms with Gasteiger partial charge in [0.05, 0.1) is 19.1 Å². The molecule has 0 spiro atoms. The molecule has 4 rings (SSSR count). The monoisotopic (exact) mass is 343 g/mol. The molecule has 25 heavy (non-hydrogen) atoms. The number of methoxy groups -OCH3 is 1. The summed E-state index contributed by atoms with van der Waals surface area (Å²) in [7, 11) is 3.23. The Hall–Kier alpha value is -2.96. The van der Waals surface area contributed by atoms with Gasteiger partial charge in [-0.15, -0.1) is 0 Å². The second-order valence-corrected chi connectivity index (χ2v) is 6.12. The van der Waals surface area contributed by atoms with Crippen LogP contribution in [0.25, 0.3) is 0 Å². The Balaban J connectivity index is 1.92. The number of fused-ring (bicyclic) bond motifs is 2. The average Bonchev–Trinajstić information content (AvgIpc) is 3.06. The van der Waals surface area contributed by atoms with Gasteiger partial charge in [-0.25, -0.2) is 0 Å². The molecule has 2 aromatic rings. The van der Waals surface area contributed by atoms with E-state index in [2.05, 4.69) is 0 Å². The first-order valence-electron chi connectivity index (χ1n) is 7.88. The van der Waals surface area contributed by atoms with Crippen LogP contribution in [0, 0.1) is 6.92 Å². The summed E-state index contributed by atoms with van der Waals surface area (Å²) in [6.45, 7) is 1.90. The fourth-order valence-electron chi connectivity index (χ4n) is 3.28. The van der Waals surface area contributed by atoms with E-state index in [4.69, 9.17) is 18.9 Å². The van der Waals surface area contributed by atoms with E-state index in [1.807, 2.05) is 0 Å². The molecule has 0 amide bonds. The average molecular weight is 343 g/mol. The number of carbonyl (C=O) groups excluding carboxylic acids is 1. The third-order valence-corrected chi connectivity index (χ3v) is 4.70. The third kappa shape index (κ3) is 2.34. The lowest BCUT2D eigenvalue weighted by atomic mass is 9.86. The summed E-state index contributed by atoms with van der Waals surface area (Å²) in [5.74, 6) is 1.09. The van der Waals surface area contributed by atoms with E-state index in [1.165, 1.54) is 7.11 Å². The number of benzene rings is 1. The molecule has 0 radical (unpaired) electrons. The number of carbonyl (C=O) groups is 1. The van der Waals surface area contributed by atoms with E-state index in [-0.39, 0.29) is 24.7 Å². The van der Waals surface area contributed by atoms with E-state index in [0.717, 1.165) is 11.3 Å². The molecule has 0 aliphatic carbocycles. The maximum atomic E-state index is 12.8. The van der Waals surface area contributed by atoms with Gasteiger partial charge in [0.25, 0.3) is 5.56 Å². The van der Waals surface area contributed by atoms with Gasteiger partial charge < -0.3 is 23.5 Å². The number of hydrogen-bond donors (Lipinski definition) is 0. The topological polar surface area (TPSA) is 76.0 Å². The molecule has 7 heteroatoms. The summed E-state index contributed by atoms with van der Waals surface area (Å²) < 4.78 is 23.1. The maximum Gasteiger partial charge on any atom is 0.312 e. The first kappa shape index (κ1) is 15.6. The van der Waals surface area contributed by atoms with Gasteiger partial charge in [0.1, 0.15) is 5.75 Å². The molecule has 0 N–H and O–H groups in total. The van der Waals surface area contributed by atoms with Gasteiger partial charge in [-0.05, 0) is 24.6 Å². The summed E-state index contributed by atoms with van der Waals surface area (Å²) >= 11 is 0. The van der Waals surface area contributed by atoms with Crippen LogP contribution in [0.15, 0.2) is 23.0 Å². The van der Waals surface area contributed by atoms with Crippen LogP contribution in [-0.4, -0.2) is 24.4 Å². The van der Waals surface area contributed by atoms with Crippen LogP contribution in [-0.2, 0) is 11.8 Å². The molecule has 1 aromatic carbocycles. The summed E-state index contributed by atoms with van der Waals surface area (Å²) in [4.78, 5) is 24.9. The summed E-state index contributed by atoms with van der Waals surface area (Å²) in [6, 6.07) is 5.28. The first-order chi connectivity index (χ1) is 12.0. The zero-order valence-electron chi connectivity index (χ0n) is 14.1. The van der Waals surface area contributed by atoms with Gasteiger partial charge in [0, 0.05) is 24.7 Å². The highest BCUT2D eigenvalue weighted by molar-refractivity contribution is 5.78. The molecule has 1 atom stereocenters. The molecule has 7 nitrogen and oxygen atoms in total. The molecule has 0 bridgehead atoms. The quantitative estimate of drug-likeness (QED) is 0.775. The second kappa shape index (κ2) is 5.54. The molecule has 0 saturated carbocycles. The minimum Gasteiger partial charge on any atom is -0.493 e. The largest absolute Gasteiger partial charge is 0.493 e. The highest BCUT2D eigenvalue weighted by Gasteiger charge is 2.34. The number of pyridine rings is 1. The zero-order chi connectivity index (χ0) is 17.7. The Morgan fingerprint density at radius 3 is 2.72 bits per heavy atom. The van der Waals surface area contributed by atoms with Crippen molar-refractivity contribution in [2.45, 2.75) is 19.3 Å². The van der Waals surface area contributed by atoms with E-state index >= 15 is 0 Å². The molecule has 130 valence electrons. The lowest BCUT2D eigenvalue weighted by molar-refractivity contribution is -0.135. The van der Waals surface area contributed by atoms with Crippen LogP contribution in [0.2, 0.25) is 0 Å². The molecular weight excluding hydrogens is 326 g/mol. The van der Waals surface area contributed by atoms with Crippen LogP contribution in [0.1, 0.15) is 29.2 Å². The van der Waals surface area contributed by atoms with Crippen LogP contribution in [0.5, 0.6) is 23.0 Å². The Bertz CT molecular complexity index is 946. The van der Waals surface area contributed by atoms with E-state index < -0.39 is 5.92 Å². The molecule has 1 aromatic heterocycles. The zero-order valence-corrected chi connectivity index (χ0v) is 14.1. The van der Waals surface area contributed by atoms with Crippen molar-refractivity contribution in [3.63, 3.8) is 0 Å². The molecule has 2 aliphatic rings. The minimum absolute atomic E-state index is 0.0775. The van der Waals surface area contributed by atoms with Crippen LogP contribution < -0.4 is 24.5 Å². The molecular formula is C18H17NO6. The van der Waals surface area contributed by atoms with Gasteiger partial charge in [-0.1, -0.05) is 0 Å². The summed E-state index contributed by atoms with van der Waals surface area (Å²) in [5, 5.41) is 0. The van der Waals surface area contributed by atoms with Crippen LogP contribution in [0.4, 0.5) is 0 Å². The lowest BCUT2D eigenvalue weighted by Crippen LogP contribution is -2.32.